The first-order chi connectivity index (χ1) is 10.2. The lowest BCUT2D eigenvalue weighted by atomic mass is 10.1. The molecule has 21 heavy (non-hydrogen) atoms. The molecule has 2 N–H and O–H groups in total. The molecule has 0 amide bonds. The Balaban J connectivity index is 1.77. The quantitative estimate of drug-likeness (QED) is 0.633. The summed E-state index contributed by atoms with van der Waals surface area (Å²) >= 11 is 0. The van der Waals surface area contributed by atoms with E-state index in [0.29, 0.717) is 5.92 Å². The van der Waals surface area contributed by atoms with Crippen molar-refractivity contribution in [2.45, 2.75) is 26.7 Å². The van der Waals surface area contributed by atoms with Crippen molar-refractivity contribution in [1.82, 2.24) is 10.6 Å². The number of guanidine groups is 1. The molecule has 0 saturated heterocycles. The van der Waals surface area contributed by atoms with Gasteiger partial charge in [0, 0.05) is 31.9 Å². The van der Waals surface area contributed by atoms with Gasteiger partial charge in [0.15, 0.2) is 5.96 Å². The summed E-state index contributed by atoms with van der Waals surface area (Å²) in [5.41, 5.74) is 0.951. The van der Waals surface area contributed by atoms with Crippen LogP contribution in [-0.4, -0.2) is 26.1 Å². The van der Waals surface area contributed by atoms with Gasteiger partial charge in [-0.3, -0.25) is 4.99 Å². The number of fused-ring (bicyclic) bond motifs is 1. The fraction of sp³-hybridized carbons (Fsp3) is 0.471. The zero-order chi connectivity index (χ0) is 15.1. The molecule has 0 aliphatic heterocycles. The van der Waals surface area contributed by atoms with Crippen molar-refractivity contribution in [2.24, 2.45) is 10.9 Å². The Morgan fingerprint density at radius 2 is 1.95 bits per heavy atom. The second-order valence-electron chi connectivity index (χ2n) is 5.61. The maximum atomic E-state index is 5.80. The van der Waals surface area contributed by atoms with Crippen LogP contribution in [-0.2, 0) is 6.42 Å². The van der Waals surface area contributed by atoms with Crippen molar-refractivity contribution >= 4 is 16.9 Å². The fourth-order valence-corrected chi connectivity index (χ4v) is 2.16. The first-order valence-corrected chi connectivity index (χ1v) is 7.61. The number of nitrogens with one attached hydrogen (secondary N) is 2. The first-order valence-electron chi connectivity index (χ1n) is 7.61. The molecule has 0 atom stereocenters. The Kier molecular flexibility index (Phi) is 5.67. The Labute approximate surface area is 126 Å². The third-order valence-electron chi connectivity index (χ3n) is 3.38. The molecule has 2 aromatic rings. The van der Waals surface area contributed by atoms with Crippen molar-refractivity contribution in [3.8, 4) is 0 Å². The summed E-state index contributed by atoms with van der Waals surface area (Å²) in [5.74, 6) is 2.55. The molecule has 0 saturated carbocycles. The molecule has 1 aromatic carbocycles. The predicted molar refractivity (Wildman–Crippen MR) is 88.7 cm³/mol. The molecule has 1 heterocycles. The van der Waals surface area contributed by atoms with Gasteiger partial charge in [-0.25, -0.2) is 0 Å². The SMILES string of the molecule is CN=C(NCCc1cc2ccccc2o1)NCCC(C)C. The van der Waals surface area contributed by atoms with E-state index in [1.807, 2.05) is 18.2 Å². The number of rotatable bonds is 6. The van der Waals surface area contributed by atoms with Crippen molar-refractivity contribution in [1.29, 1.82) is 0 Å². The molecule has 1 aromatic heterocycles. The van der Waals surface area contributed by atoms with Gasteiger partial charge in [-0.05, 0) is 24.5 Å². The molecule has 0 unspecified atom stereocenters. The monoisotopic (exact) mass is 287 g/mol. The average Bonchev–Trinajstić information content (AvgIpc) is 2.88. The Hall–Kier alpha value is -1.97. The highest BCUT2D eigenvalue weighted by molar-refractivity contribution is 5.79. The van der Waals surface area contributed by atoms with E-state index in [2.05, 4.69) is 41.6 Å². The minimum Gasteiger partial charge on any atom is -0.461 e. The van der Waals surface area contributed by atoms with E-state index in [-0.39, 0.29) is 0 Å². The minimum atomic E-state index is 0.700. The van der Waals surface area contributed by atoms with Crippen LogP contribution in [0, 0.1) is 5.92 Å². The second kappa shape index (κ2) is 7.72. The first kappa shape index (κ1) is 15.4. The number of furan rings is 1. The zero-order valence-electron chi connectivity index (χ0n) is 13.1. The number of benzene rings is 1. The van der Waals surface area contributed by atoms with Crippen LogP contribution in [0.1, 0.15) is 26.0 Å². The average molecular weight is 287 g/mol. The molecule has 0 aliphatic carbocycles. The van der Waals surface area contributed by atoms with E-state index in [0.717, 1.165) is 48.6 Å². The Bertz CT molecular complexity index is 553. The van der Waals surface area contributed by atoms with E-state index in [1.165, 1.54) is 0 Å². The number of hydrogen-bond donors (Lipinski definition) is 2. The normalized spacial score (nSPS) is 12.1. The van der Waals surface area contributed by atoms with Crippen LogP contribution in [0.25, 0.3) is 11.0 Å². The van der Waals surface area contributed by atoms with Gasteiger partial charge < -0.3 is 15.1 Å². The Morgan fingerprint density at radius 3 is 2.67 bits per heavy atom. The van der Waals surface area contributed by atoms with E-state index in [9.17, 15) is 0 Å². The van der Waals surface area contributed by atoms with Crippen molar-refractivity contribution in [3.63, 3.8) is 0 Å². The van der Waals surface area contributed by atoms with Crippen LogP contribution in [0.3, 0.4) is 0 Å². The van der Waals surface area contributed by atoms with E-state index in [4.69, 9.17) is 4.42 Å². The molecule has 0 aliphatic rings. The number of nitrogens with zero attached hydrogens (tertiary/aromatic N) is 1. The molecule has 2 rings (SSSR count). The Morgan fingerprint density at radius 1 is 1.19 bits per heavy atom. The van der Waals surface area contributed by atoms with Crippen LogP contribution >= 0.6 is 0 Å². The minimum absolute atomic E-state index is 0.700. The molecule has 114 valence electrons. The zero-order valence-corrected chi connectivity index (χ0v) is 13.1. The van der Waals surface area contributed by atoms with Gasteiger partial charge >= 0.3 is 0 Å². The van der Waals surface area contributed by atoms with Gasteiger partial charge in [-0.1, -0.05) is 32.0 Å². The van der Waals surface area contributed by atoms with Crippen molar-refractivity contribution in [2.75, 3.05) is 20.1 Å². The summed E-state index contributed by atoms with van der Waals surface area (Å²) in [4.78, 5) is 4.22. The van der Waals surface area contributed by atoms with Crippen LogP contribution in [0.4, 0.5) is 0 Å². The van der Waals surface area contributed by atoms with Crippen LogP contribution in [0.5, 0.6) is 0 Å². The molecular weight excluding hydrogens is 262 g/mol. The third kappa shape index (κ3) is 4.81. The maximum Gasteiger partial charge on any atom is 0.190 e. The standard InChI is InChI=1S/C17H25N3O/c1-13(2)8-10-19-17(18-3)20-11-9-15-12-14-6-4-5-7-16(14)21-15/h4-7,12-13H,8-11H2,1-3H3,(H2,18,19,20). The summed E-state index contributed by atoms with van der Waals surface area (Å²) < 4.78 is 5.80. The molecule has 0 fully saturated rings. The molecule has 4 nitrogen and oxygen atoms in total. The lowest BCUT2D eigenvalue weighted by molar-refractivity contribution is 0.543. The molecule has 0 radical (unpaired) electrons. The van der Waals surface area contributed by atoms with Gasteiger partial charge in [0.1, 0.15) is 11.3 Å². The summed E-state index contributed by atoms with van der Waals surface area (Å²) in [7, 11) is 1.80. The van der Waals surface area contributed by atoms with Crippen molar-refractivity contribution in [3.05, 3.63) is 36.1 Å². The topological polar surface area (TPSA) is 49.6 Å². The second-order valence-corrected chi connectivity index (χ2v) is 5.61. The third-order valence-corrected chi connectivity index (χ3v) is 3.38. The van der Waals surface area contributed by atoms with Gasteiger partial charge in [-0.15, -0.1) is 0 Å². The smallest absolute Gasteiger partial charge is 0.190 e. The molecule has 4 heteroatoms. The lowest BCUT2D eigenvalue weighted by Gasteiger charge is -2.12. The van der Waals surface area contributed by atoms with E-state index in [1.54, 1.807) is 7.05 Å². The highest BCUT2D eigenvalue weighted by Crippen LogP contribution is 2.18. The van der Waals surface area contributed by atoms with Crippen LogP contribution < -0.4 is 10.6 Å². The van der Waals surface area contributed by atoms with Gasteiger partial charge in [-0.2, -0.15) is 0 Å². The number of hydrogen-bond acceptors (Lipinski definition) is 2. The molecule has 0 bridgehead atoms. The molecule has 0 spiro atoms. The van der Waals surface area contributed by atoms with Crippen LogP contribution in [0.2, 0.25) is 0 Å². The highest BCUT2D eigenvalue weighted by Gasteiger charge is 2.03. The van der Waals surface area contributed by atoms with Gasteiger partial charge in [0.05, 0.1) is 0 Å². The maximum absolute atomic E-state index is 5.80. The largest absolute Gasteiger partial charge is 0.461 e. The van der Waals surface area contributed by atoms with Crippen LogP contribution in [0.15, 0.2) is 39.7 Å². The number of aliphatic imine (C=N–C) groups is 1. The van der Waals surface area contributed by atoms with E-state index < -0.39 is 0 Å². The van der Waals surface area contributed by atoms with Gasteiger partial charge in [0.2, 0.25) is 0 Å². The predicted octanol–water partition coefficient (Wildman–Crippen LogP) is 3.19. The summed E-state index contributed by atoms with van der Waals surface area (Å²) in [6, 6.07) is 10.2. The summed E-state index contributed by atoms with van der Waals surface area (Å²) in [6.45, 7) is 6.20. The van der Waals surface area contributed by atoms with Gasteiger partial charge in [0.25, 0.3) is 0 Å². The highest BCUT2D eigenvalue weighted by atomic mass is 16.3. The summed E-state index contributed by atoms with van der Waals surface area (Å²) in [6.07, 6.45) is 1.99. The van der Waals surface area contributed by atoms with E-state index >= 15 is 0 Å². The van der Waals surface area contributed by atoms with Crippen molar-refractivity contribution < 1.29 is 4.42 Å². The number of para-hydroxylation sites is 1. The fourth-order valence-electron chi connectivity index (χ4n) is 2.16. The summed E-state index contributed by atoms with van der Waals surface area (Å²) in [5, 5.41) is 7.80. The molecular formula is C17H25N3O. The lowest BCUT2D eigenvalue weighted by Crippen LogP contribution is -2.39.